The van der Waals surface area contributed by atoms with Crippen LogP contribution in [0.3, 0.4) is 0 Å². The van der Waals surface area contributed by atoms with Gasteiger partial charge in [0.25, 0.3) is 0 Å². The van der Waals surface area contributed by atoms with Gasteiger partial charge < -0.3 is 5.73 Å². The van der Waals surface area contributed by atoms with E-state index in [0.29, 0.717) is 5.92 Å². The number of nitrogen functional groups attached to an aromatic ring is 1. The molecule has 2 N–H and O–H groups in total. The summed E-state index contributed by atoms with van der Waals surface area (Å²) in [6.07, 6.45) is 1.03. The minimum atomic E-state index is 0.0653. The van der Waals surface area contributed by atoms with Crippen molar-refractivity contribution in [3.05, 3.63) is 10.7 Å². The molecule has 80 valence electrons. The number of aromatic nitrogens is 1. The third kappa shape index (κ3) is 2.71. The van der Waals surface area contributed by atoms with Crippen LogP contribution in [-0.4, -0.2) is 4.98 Å². The molecule has 2 nitrogen and oxygen atoms in total. The van der Waals surface area contributed by atoms with Gasteiger partial charge in [-0.25, -0.2) is 4.98 Å². The van der Waals surface area contributed by atoms with Gasteiger partial charge in [0.05, 0.1) is 10.7 Å². The Morgan fingerprint density at radius 3 is 2.29 bits per heavy atom. The first-order chi connectivity index (χ1) is 6.30. The van der Waals surface area contributed by atoms with Crippen molar-refractivity contribution in [3.8, 4) is 0 Å². The fourth-order valence-corrected chi connectivity index (χ4v) is 2.61. The Bertz CT molecular complexity index is 308. The van der Waals surface area contributed by atoms with Crippen molar-refractivity contribution in [2.75, 3.05) is 5.73 Å². The van der Waals surface area contributed by atoms with E-state index in [2.05, 4.69) is 39.6 Å². The highest BCUT2D eigenvalue weighted by Gasteiger charge is 2.21. The summed E-state index contributed by atoms with van der Waals surface area (Å²) in [5.41, 5.74) is 7.08. The Balaban J connectivity index is 2.94. The second-order valence-corrected chi connectivity index (χ2v) is 6.28. The minimum Gasteiger partial charge on any atom is -0.389 e. The SMILES string of the molecule is CC(C)Cc1nc(C(C)(C)C)c(N)s1. The Morgan fingerprint density at radius 2 is 1.93 bits per heavy atom. The highest BCUT2D eigenvalue weighted by atomic mass is 32.1. The maximum absolute atomic E-state index is 5.96. The lowest BCUT2D eigenvalue weighted by molar-refractivity contribution is 0.568. The molecule has 1 aromatic rings. The van der Waals surface area contributed by atoms with Crippen LogP contribution in [0.25, 0.3) is 0 Å². The lowest BCUT2D eigenvalue weighted by atomic mass is 9.92. The molecule has 1 heterocycles. The van der Waals surface area contributed by atoms with Crippen LogP contribution in [0.5, 0.6) is 0 Å². The molecule has 0 saturated heterocycles. The molecular weight excluding hydrogens is 192 g/mol. The second-order valence-electron chi connectivity index (χ2n) is 5.17. The fraction of sp³-hybridized carbons (Fsp3) is 0.727. The summed E-state index contributed by atoms with van der Waals surface area (Å²) in [4.78, 5) is 4.61. The Labute approximate surface area is 90.6 Å². The highest BCUT2D eigenvalue weighted by Crippen LogP contribution is 2.32. The van der Waals surface area contributed by atoms with Crippen LogP contribution in [0.1, 0.15) is 45.3 Å². The van der Waals surface area contributed by atoms with E-state index in [-0.39, 0.29) is 5.41 Å². The van der Waals surface area contributed by atoms with Crippen molar-refractivity contribution < 1.29 is 0 Å². The molecule has 0 aliphatic heterocycles. The minimum absolute atomic E-state index is 0.0653. The van der Waals surface area contributed by atoms with E-state index < -0.39 is 0 Å². The summed E-state index contributed by atoms with van der Waals surface area (Å²) in [5, 5.41) is 2.05. The second kappa shape index (κ2) is 3.89. The Morgan fingerprint density at radius 1 is 1.36 bits per heavy atom. The largest absolute Gasteiger partial charge is 0.389 e. The van der Waals surface area contributed by atoms with Crippen molar-refractivity contribution >= 4 is 16.3 Å². The van der Waals surface area contributed by atoms with Gasteiger partial charge in [-0.15, -0.1) is 11.3 Å². The van der Waals surface area contributed by atoms with Crippen LogP contribution in [0, 0.1) is 5.92 Å². The Kier molecular flexibility index (Phi) is 3.20. The zero-order chi connectivity index (χ0) is 10.9. The molecule has 0 aliphatic rings. The standard InChI is InChI=1S/C11H20N2S/c1-7(2)6-8-13-9(10(12)14-8)11(3,4)5/h7H,6,12H2,1-5H3. The zero-order valence-electron chi connectivity index (χ0n) is 9.72. The van der Waals surface area contributed by atoms with Crippen LogP contribution >= 0.6 is 11.3 Å². The molecule has 0 amide bonds. The van der Waals surface area contributed by atoms with Crippen LogP contribution in [-0.2, 0) is 11.8 Å². The monoisotopic (exact) mass is 212 g/mol. The van der Waals surface area contributed by atoms with Gasteiger partial charge >= 0.3 is 0 Å². The highest BCUT2D eigenvalue weighted by molar-refractivity contribution is 7.15. The molecule has 0 bridgehead atoms. The quantitative estimate of drug-likeness (QED) is 0.817. The molecule has 0 unspecified atom stereocenters. The summed E-state index contributed by atoms with van der Waals surface area (Å²) in [7, 11) is 0. The first kappa shape index (κ1) is 11.5. The summed E-state index contributed by atoms with van der Waals surface area (Å²) in [6.45, 7) is 10.9. The predicted octanol–water partition coefficient (Wildman–Crippen LogP) is 3.22. The van der Waals surface area contributed by atoms with E-state index in [4.69, 9.17) is 5.73 Å². The van der Waals surface area contributed by atoms with E-state index in [1.54, 1.807) is 11.3 Å². The maximum Gasteiger partial charge on any atom is 0.110 e. The first-order valence-corrected chi connectivity index (χ1v) is 5.88. The number of nitrogens with zero attached hydrogens (tertiary/aromatic N) is 1. The summed E-state index contributed by atoms with van der Waals surface area (Å²) in [6, 6.07) is 0. The summed E-state index contributed by atoms with van der Waals surface area (Å²) < 4.78 is 0. The third-order valence-corrected chi connectivity index (χ3v) is 2.90. The summed E-state index contributed by atoms with van der Waals surface area (Å²) in [5.74, 6) is 0.647. The first-order valence-electron chi connectivity index (χ1n) is 5.06. The van der Waals surface area contributed by atoms with E-state index in [1.165, 1.54) is 5.01 Å². The molecule has 0 radical (unpaired) electrons. The average molecular weight is 212 g/mol. The van der Waals surface area contributed by atoms with Crippen molar-refractivity contribution in [2.45, 2.75) is 46.5 Å². The average Bonchev–Trinajstić information content (AvgIpc) is 2.27. The number of anilines is 1. The molecule has 14 heavy (non-hydrogen) atoms. The molecule has 0 atom stereocenters. The topological polar surface area (TPSA) is 38.9 Å². The van der Waals surface area contributed by atoms with Gasteiger partial charge in [0.15, 0.2) is 0 Å². The summed E-state index contributed by atoms with van der Waals surface area (Å²) >= 11 is 1.64. The number of hydrogen-bond acceptors (Lipinski definition) is 3. The van der Waals surface area contributed by atoms with Gasteiger partial charge in [-0.1, -0.05) is 34.6 Å². The van der Waals surface area contributed by atoms with Crippen LogP contribution in [0.2, 0.25) is 0 Å². The van der Waals surface area contributed by atoms with Gasteiger partial charge in [0.2, 0.25) is 0 Å². The maximum atomic E-state index is 5.96. The van der Waals surface area contributed by atoms with Gasteiger partial charge in [-0.05, 0) is 5.92 Å². The number of rotatable bonds is 2. The third-order valence-electron chi connectivity index (χ3n) is 1.99. The molecule has 3 heteroatoms. The zero-order valence-corrected chi connectivity index (χ0v) is 10.5. The van der Waals surface area contributed by atoms with Crippen molar-refractivity contribution in [1.82, 2.24) is 4.98 Å². The van der Waals surface area contributed by atoms with Gasteiger partial charge in [-0.2, -0.15) is 0 Å². The molecule has 0 fully saturated rings. The van der Waals surface area contributed by atoms with Crippen LogP contribution in [0.4, 0.5) is 5.00 Å². The van der Waals surface area contributed by atoms with Crippen LogP contribution < -0.4 is 5.73 Å². The van der Waals surface area contributed by atoms with E-state index in [1.807, 2.05) is 0 Å². The van der Waals surface area contributed by atoms with E-state index in [9.17, 15) is 0 Å². The lowest BCUT2D eigenvalue weighted by Crippen LogP contribution is -2.13. The molecule has 0 aromatic carbocycles. The van der Waals surface area contributed by atoms with Crippen molar-refractivity contribution in [2.24, 2.45) is 5.92 Å². The normalized spacial score (nSPS) is 12.4. The van der Waals surface area contributed by atoms with Crippen molar-refractivity contribution in [1.29, 1.82) is 0 Å². The van der Waals surface area contributed by atoms with Gasteiger partial charge in [-0.3, -0.25) is 0 Å². The van der Waals surface area contributed by atoms with Gasteiger partial charge in [0.1, 0.15) is 5.00 Å². The smallest absolute Gasteiger partial charge is 0.110 e. The lowest BCUT2D eigenvalue weighted by Gasteiger charge is -2.15. The van der Waals surface area contributed by atoms with Crippen LogP contribution in [0.15, 0.2) is 0 Å². The number of nitrogens with two attached hydrogens (primary N) is 1. The number of hydrogen-bond donors (Lipinski definition) is 1. The number of thiazole rings is 1. The molecule has 0 saturated carbocycles. The Hall–Kier alpha value is -0.570. The van der Waals surface area contributed by atoms with E-state index >= 15 is 0 Å². The molecule has 1 rings (SSSR count). The molecule has 0 aliphatic carbocycles. The van der Waals surface area contributed by atoms with Gasteiger partial charge in [0, 0.05) is 11.8 Å². The predicted molar refractivity (Wildman–Crippen MR) is 63.8 cm³/mol. The molecular formula is C11H20N2S. The van der Waals surface area contributed by atoms with E-state index in [0.717, 1.165) is 17.1 Å². The molecule has 0 spiro atoms. The fourth-order valence-electron chi connectivity index (χ4n) is 1.35. The van der Waals surface area contributed by atoms with Crippen molar-refractivity contribution in [3.63, 3.8) is 0 Å². The molecule has 1 aromatic heterocycles.